The number of hydrogen-bond donors (Lipinski definition) is 2. The third kappa shape index (κ3) is 4.79. The average molecular weight is 347 g/mol. The second-order valence-corrected chi connectivity index (χ2v) is 6.13. The van der Waals surface area contributed by atoms with Crippen LogP contribution < -0.4 is 10.6 Å². The van der Waals surface area contributed by atoms with E-state index < -0.39 is 0 Å². The molecule has 0 atom stereocenters. The Labute approximate surface area is 154 Å². The first-order valence-electron chi connectivity index (χ1n) is 9.13. The van der Waals surface area contributed by atoms with Gasteiger partial charge in [-0.15, -0.1) is 0 Å². The van der Waals surface area contributed by atoms with Crippen LogP contribution in [0.1, 0.15) is 31.5 Å². The maximum atomic E-state index is 4.66. The molecule has 3 aromatic rings. The second kappa shape index (κ2) is 8.94. The molecule has 2 aromatic heterocycles. The first-order chi connectivity index (χ1) is 12.8. The van der Waals surface area contributed by atoms with Gasteiger partial charge < -0.3 is 10.6 Å². The number of rotatable bonds is 8. The van der Waals surface area contributed by atoms with Gasteiger partial charge in [-0.05, 0) is 42.7 Å². The van der Waals surface area contributed by atoms with E-state index in [9.17, 15) is 0 Å². The highest BCUT2D eigenvalue weighted by Crippen LogP contribution is 2.18. The Hall–Kier alpha value is -2.95. The van der Waals surface area contributed by atoms with Gasteiger partial charge in [0.1, 0.15) is 5.82 Å². The number of pyridine rings is 1. The van der Waals surface area contributed by atoms with E-state index in [0.29, 0.717) is 0 Å². The normalized spacial score (nSPS) is 10.5. The lowest BCUT2D eigenvalue weighted by molar-refractivity contribution is 0.978. The molecule has 3 rings (SSSR count). The van der Waals surface area contributed by atoms with Crippen molar-refractivity contribution in [2.75, 3.05) is 17.2 Å². The van der Waals surface area contributed by atoms with Crippen molar-refractivity contribution in [2.24, 2.45) is 0 Å². The van der Waals surface area contributed by atoms with Gasteiger partial charge in [-0.2, -0.15) is 0 Å². The summed E-state index contributed by atoms with van der Waals surface area (Å²) in [6, 6.07) is 14.4. The summed E-state index contributed by atoms with van der Waals surface area (Å²) in [7, 11) is 0. The SMILES string of the molecule is CCCNc1ccc(CNc2cc(CC)nc(-c3ccncc3)n2)cc1. The molecule has 0 spiro atoms. The third-order valence-corrected chi connectivity index (χ3v) is 4.09. The highest BCUT2D eigenvalue weighted by molar-refractivity contribution is 5.57. The topological polar surface area (TPSA) is 62.7 Å². The molecule has 0 radical (unpaired) electrons. The van der Waals surface area contributed by atoms with Crippen LogP contribution in [0, 0.1) is 0 Å². The van der Waals surface area contributed by atoms with Crippen LogP contribution in [-0.4, -0.2) is 21.5 Å². The fourth-order valence-corrected chi connectivity index (χ4v) is 2.60. The van der Waals surface area contributed by atoms with Crippen molar-refractivity contribution in [3.8, 4) is 11.4 Å². The smallest absolute Gasteiger partial charge is 0.161 e. The molecular weight excluding hydrogens is 322 g/mol. The van der Waals surface area contributed by atoms with Crippen LogP contribution in [-0.2, 0) is 13.0 Å². The molecule has 0 unspecified atom stereocenters. The summed E-state index contributed by atoms with van der Waals surface area (Å²) >= 11 is 0. The highest BCUT2D eigenvalue weighted by Gasteiger charge is 2.06. The Bertz CT molecular complexity index is 816. The first kappa shape index (κ1) is 17.9. The van der Waals surface area contributed by atoms with Gasteiger partial charge in [0.25, 0.3) is 0 Å². The summed E-state index contributed by atoms with van der Waals surface area (Å²) in [6.45, 7) is 5.99. The van der Waals surface area contributed by atoms with Gasteiger partial charge in [-0.3, -0.25) is 4.98 Å². The Kier molecular flexibility index (Phi) is 6.14. The van der Waals surface area contributed by atoms with Crippen LogP contribution in [0.3, 0.4) is 0 Å². The maximum Gasteiger partial charge on any atom is 0.161 e. The number of anilines is 2. The number of benzene rings is 1. The molecule has 1 aromatic carbocycles. The molecule has 0 aliphatic carbocycles. The van der Waals surface area contributed by atoms with E-state index in [1.807, 2.05) is 18.2 Å². The van der Waals surface area contributed by atoms with E-state index in [2.05, 4.69) is 63.7 Å². The number of aryl methyl sites for hydroxylation is 1. The molecule has 5 heteroatoms. The Balaban J connectivity index is 1.71. The predicted molar refractivity (Wildman–Crippen MR) is 107 cm³/mol. The van der Waals surface area contributed by atoms with Crippen LogP contribution in [0.5, 0.6) is 0 Å². The lowest BCUT2D eigenvalue weighted by atomic mass is 10.2. The molecule has 26 heavy (non-hydrogen) atoms. The predicted octanol–water partition coefficient (Wildman–Crippen LogP) is 4.54. The van der Waals surface area contributed by atoms with Crippen LogP contribution in [0.25, 0.3) is 11.4 Å². The molecule has 0 saturated heterocycles. The molecule has 0 amide bonds. The van der Waals surface area contributed by atoms with E-state index in [1.54, 1.807) is 12.4 Å². The van der Waals surface area contributed by atoms with Crippen molar-refractivity contribution in [1.29, 1.82) is 0 Å². The number of aromatic nitrogens is 3. The molecule has 0 saturated carbocycles. The van der Waals surface area contributed by atoms with Crippen molar-refractivity contribution in [3.05, 3.63) is 66.1 Å². The molecule has 0 bridgehead atoms. The number of nitrogens with one attached hydrogen (secondary N) is 2. The number of nitrogens with zero attached hydrogens (tertiary/aromatic N) is 3. The van der Waals surface area contributed by atoms with Crippen LogP contribution >= 0.6 is 0 Å². The summed E-state index contributed by atoms with van der Waals surface area (Å²) in [5, 5.41) is 6.81. The van der Waals surface area contributed by atoms with E-state index >= 15 is 0 Å². The zero-order chi connectivity index (χ0) is 18.2. The maximum absolute atomic E-state index is 4.66. The minimum atomic E-state index is 0.726. The fraction of sp³-hybridized carbons (Fsp3) is 0.286. The summed E-state index contributed by atoms with van der Waals surface area (Å²) in [5.74, 6) is 1.57. The zero-order valence-corrected chi connectivity index (χ0v) is 15.4. The van der Waals surface area contributed by atoms with Gasteiger partial charge in [-0.25, -0.2) is 9.97 Å². The summed E-state index contributed by atoms with van der Waals surface area (Å²) in [4.78, 5) is 13.4. The summed E-state index contributed by atoms with van der Waals surface area (Å²) < 4.78 is 0. The first-order valence-corrected chi connectivity index (χ1v) is 9.13. The molecule has 5 nitrogen and oxygen atoms in total. The van der Waals surface area contributed by atoms with Crippen molar-refractivity contribution in [3.63, 3.8) is 0 Å². The average Bonchev–Trinajstić information content (AvgIpc) is 2.72. The molecule has 134 valence electrons. The van der Waals surface area contributed by atoms with E-state index in [0.717, 1.165) is 54.5 Å². The zero-order valence-electron chi connectivity index (χ0n) is 15.4. The van der Waals surface area contributed by atoms with Gasteiger partial charge in [-0.1, -0.05) is 26.0 Å². The van der Waals surface area contributed by atoms with Gasteiger partial charge in [0.2, 0.25) is 0 Å². The second-order valence-electron chi connectivity index (χ2n) is 6.13. The molecule has 0 aliphatic heterocycles. The molecule has 0 fully saturated rings. The third-order valence-electron chi connectivity index (χ3n) is 4.09. The monoisotopic (exact) mass is 347 g/mol. The number of hydrogen-bond acceptors (Lipinski definition) is 5. The largest absolute Gasteiger partial charge is 0.385 e. The Morgan fingerprint density at radius 3 is 2.35 bits per heavy atom. The van der Waals surface area contributed by atoms with Crippen molar-refractivity contribution in [2.45, 2.75) is 33.2 Å². The quantitative estimate of drug-likeness (QED) is 0.626. The fourth-order valence-electron chi connectivity index (χ4n) is 2.60. The van der Waals surface area contributed by atoms with Gasteiger partial charge >= 0.3 is 0 Å². The van der Waals surface area contributed by atoms with E-state index in [4.69, 9.17) is 0 Å². The van der Waals surface area contributed by atoms with Gasteiger partial charge in [0, 0.05) is 48.5 Å². The van der Waals surface area contributed by atoms with Crippen molar-refractivity contribution in [1.82, 2.24) is 15.0 Å². The minimum Gasteiger partial charge on any atom is -0.385 e. The van der Waals surface area contributed by atoms with Crippen LogP contribution in [0.2, 0.25) is 0 Å². The van der Waals surface area contributed by atoms with E-state index in [1.165, 1.54) is 5.56 Å². The van der Waals surface area contributed by atoms with Gasteiger partial charge in [0.15, 0.2) is 5.82 Å². The minimum absolute atomic E-state index is 0.726. The van der Waals surface area contributed by atoms with Gasteiger partial charge in [0.05, 0.1) is 0 Å². The summed E-state index contributed by atoms with van der Waals surface area (Å²) in [5.41, 5.74) is 4.37. The van der Waals surface area contributed by atoms with Crippen LogP contribution in [0.15, 0.2) is 54.9 Å². The molecular formula is C21H25N5. The molecule has 0 aliphatic rings. The standard InChI is InChI=1S/C21H25N5/c1-3-11-23-19-7-5-16(6-8-19)15-24-20-14-18(4-2)25-21(26-20)17-9-12-22-13-10-17/h5-10,12-14,23H,3-4,11,15H2,1-2H3,(H,24,25,26). The van der Waals surface area contributed by atoms with Crippen molar-refractivity contribution >= 4 is 11.5 Å². The molecule has 2 N–H and O–H groups in total. The summed E-state index contributed by atoms with van der Waals surface area (Å²) in [6.07, 6.45) is 5.51. The molecule has 2 heterocycles. The Morgan fingerprint density at radius 2 is 1.65 bits per heavy atom. The van der Waals surface area contributed by atoms with Crippen molar-refractivity contribution < 1.29 is 0 Å². The lowest BCUT2D eigenvalue weighted by Crippen LogP contribution is -2.05. The Morgan fingerprint density at radius 1 is 0.885 bits per heavy atom. The van der Waals surface area contributed by atoms with Crippen LogP contribution in [0.4, 0.5) is 11.5 Å². The highest BCUT2D eigenvalue weighted by atomic mass is 15.0. The lowest BCUT2D eigenvalue weighted by Gasteiger charge is -2.10. The van der Waals surface area contributed by atoms with E-state index in [-0.39, 0.29) is 0 Å².